The zero-order valence-corrected chi connectivity index (χ0v) is 20.1. The van der Waals surface area contributed by atoms with Gasteiger partial charge in [-0.1, -0.05) is 25.1 Å². The van der Waals surface area contributed by atoms with Crippen molar-refractivity contribution in [1.82, 2.24) is 4.98 Å². The van der Waals surface area contributed by atoms with E-state index in [4.69, 9.17) is 0 Å². The van der Waals surface area contributed by atoms with Gasteiger partial charge in [0.25, 0.3) is 5.91 Å². The minimum absolute atomic E-state index is 0.0588. The summed E-state index contributed by atoms with van der Waals surface area (Å²) in [5.74, 6) is -4.65. The number of nitrogens with one attached hydrogen (secondary N) is 1. The van der Waals surface area contributed by atoms with E-state index in [0.717, 1.165) is 11.6 Å². The molecule has 186 valence electrons. The van der Waals surface area contributed by atoms with Crippen LogP contribution in [0.3, 0.4) is 0 Å². The highest BCUT2D eigenvalue weighted by molar-refractivity contribution is 6.09. The summed E-state index contributed by atoms with van der Waals surface area (Å²) in [6.45, 7) is 5.80. The Balaban J connectivity index is 1.78. The first-order chi connectivity index (χ1) is 16.5. The molecule has 8 heteroatoms. The molecule has 2 aliphatic rings. The van der Waals surface area contributed by atoms with Crippen molar-refractivity contribution in [1.29, 1.82) is 0 Å². The van der Waals surface area contributed by atoms with Gasteiger partial charge in [0, 0.05) is 49.7 Å². The maximum absolute atomic E-state index is 14.2. The van der Waals surface area contributed by atoms with Gasteiger partial charge in [-0.15, -0.1) is 0 Å². The first-order valence-corrected chi connectivity index (χ1v) is 11.7. The van der Waals surface area contributed by atoms with Gasteiger partial charge in [-0.3, -0.25) is 4.79 Å². The largest absolute Gasteiger partial charge is 0.356 e. The Kier molecular flexibility index (Phi) is 6.75. The van der Waals surface area contributed by atoms with Crippen LogP contribution in [0.4, 0.5) is 29.1 Å². The zero-order chi connectivity index (χ0) is 25.4. The van der Waals surface area contributed by atoms with Gasteiger partial charge in [-0.2, -0.15) is 0 Å². The molecule has 1 atom stereocenters. The van der Waals surface area contributed by atoms with Crippen molar-refractivity contribution in [3.05, 3.63) is 76.5 Å². The molecule has 1 saturated heterocycles. The maximum Gasteiger partial charge on any atom is 0.259 e. The van der Waals surface area contributed by atoms with E-state index in [0.29, 0.717) is 29.2 Å². The lowest BCUT2D eigenvalue weighted by molar-refractivity contribution is -0.0102. The fraction of sp³-hybridized carbons (Fsp3) is 0.407. The monoisotopic (exact) mass is 487 g/mol. The van der Waals surface area contributed by atoms with Crippen molar-refractivity contribution < 1.29 is 22.4 Å². The Morgan fingerprint density at radius 2 is 1.91 bits per heavy atom. The molecule has 4 nitrogen and oxygen atoms in total. The third-order valence-corrected chi connectivity index (χ3v) is 6.83. The molecule has 1 N–H and O–H groups in total. The minimum Gasteiger partial charge on any atom is -0.356 e. The Morgan fingerprint density at radius 1 is 1.14 bits per heavy atom. The van der Waals surface area contributed by atoms with Crippen molar-refractivity contribution in [3.63, 3.8) is 0 Å². The van der Waals surface area contributed by atoms with Crippen LogP contribution in [0.15, 0.2) is 54.3 Å². The van der Waals surface area contributed by atoms with Crippen LogP contribution in [-0.2, 0) is 5.41 Å². The standard InChI is InChI=1S/C27H29F4N3O/c1-17-6-4-7-19(14-17)33-25(35)23-18(2)20(26(3)10-8-21(28)22(29)15-26)16-32-24(23)34-12-5-9-27(30,31)11-13-34/h4,6-8,10,14,16H,5,9,11-13,15H2,1-3H3,(H,33,35). The number of hydrogen-bond donors (Lipinski definition) is 1. The fourth-order valence-electron chi connectivity index (χ4n) is 4.87. The Bertz CT molecular complexity index is 1210. The molecule has 1 unspecified atom stereocenters. The topological polar surface area (TPSA) is 45.2 Å². The van der Waals surface area contributed by atoms with Crippen LogP contribution in [0, 0.1) is 13.8 Å². The molecule has 2 aromatic rings. The summed E-state index contributed by atoms with van der Waals surface area (Å²) in [5, 5.41) is 2.89. The summed E-state index contributed by atoms with van der Waals surface area (Å²) in [7, 11) is 0. The molecule has 1 aliphatic heterocycles. The molecule has 35 heavy (non-hydrogen) atoms. The second-order valence-electron chi connectivity index (χ2n) is 9.70. The summed E-state index contributed by atoms with van der Waals surface area (Å²) in [6, 6.07) is 7.31. The molecule has 1 aliphatic carbocycles. The van der Waals surface area contributed by atoms with Gasteiger partial charge in [0.05, 0.1) is 5.56 Å². The van der Waals surface area contributed by atoms with Crippen molar-refractivity contribution in [2.45, 2.75) is 57.8 Å². The number of allylic oxidation sites excluding steroid dienone is 4. The van der Waals surface area contributed by atoms with E-state index in [9.17, 15) is 22.4 Å². The highest BCUT2D eigenvalue weighted by Crippen LogP contribution is 2.41. The second kappa shape index (κ2) is 9.47. The summed E-state index contributed by atoms with van der Waals surface area (Å²) in [6.07, 6.45) is 3.74. The van der Waals surface area contributed by atoms with Crippen molar-refractivity contribution in [2.24, 2.45) is 0 Å². The maximum atomic E-state index is 14.2. The number of halogens is 4. The number of benzene rings is 1. The van der Waals surface area contributed by atoms with E-state index in [1.165, 1.54) is 0 Å². The number of hydrogen-bond acceptors (Lipinski definition) is 3. The molecule has 1 amide bonds. The average Bonchev–Trinajstić information content (AvgIpc) is 2.96. The van der Waals surface area contributed by atoms with Gasteiger partial charge in [0.1, 0.15) is 11.6 Å². The normalized spacial score (nSPS) is 22.2. The number of amides is 1. The Hall–Kier alpha value is -3.16. The predicted molar refractivity (Wildman–Crippen MR) is 129 cm³/mol. The van der Waals surface area contributed by atoms with Gasteiger partial charge in [0.2, 0.25) is 5.92 Å². The van der Waals surface area contributed by atoms with Crippen LogP contribution in [0.1, 0.15) is 59.7 Å². The first kappa shape index (κ1) is 24.9. The van der Waals surface area contributed by atoms with Crippen molar-refractivity contribution >= 4 is 17.4 Å². The van der Waals surface area contributed by atoms with Crippen LogP contribution < -0.4 is 10.2 Å². The summed E-state index contributed by atoms with van der Waals surface area (Å²) >= 11 is 0. The SMILES string of the molecule is Cc1cccc(NC(=O)c2c(N3CCCC(F)(F)CC3)ncc(C3(C)C=CC(F)=C(F)C3)c2C)c1. The molecule has 0 saturated carbocycles. The average molecular weight is 488 g/mol. The number of anilines is 2. The van der Waals surface area contributed by atoms with Gasteiger partial charge in [-0.25, -0.2) is 22.5 Å². The van der Waals surface area contributed by atoms with Crippen LogP contribution in [-0.4, -0.2) is 29.9 Å². The summed E-state index contributed by atoms with van der Waals surface area (Å²) < 4.78 is 56.0. The lowest BCUT2D eigenvalue weighted by atomic mass is 9.75. The number of pyridine rings is 1. The third kappa shape index (κ3) is 5.26. The molecular weight excluding hydrogens is 458 g/mol. The highest BCUT2D eigenvalue weighted by Gasteiger charge is 2.36. The van der Waals surface area contributed by atoms with Crippen LogP contribution in [0.5, 0.6) is 0 Å². The molecule has 0 radical (unpaired) electrons. The van der Waals surface area contributed by atoms with Crippen molar-refractivity contribution in [2.75, 3.05) is 23.3 Å². The summed E-state index contributed by atoms with van der Waals surface area (Å²) in [5.41, 5.74) is 2.02. The van der Waals surface area contributed by atoms with Crippen molar-refractivity contribution in [3.8, 4) is 0 Å². The highest BCUT2D eigenvalue weighted by atomic mass is 19.3. The van der Waals surface area contributed by atoms with E-state index < -0.39 is 28.9 Å². The quantitative estimate of drug-likeness (QED) is 0.475. The molecular formula is C27H29F4N3O. The number of carbonyl (C=O) groups is 1. The third-order valence-electron chi connectivity index (χ3n) is 6.83. The van der Waals surface area contributed by atoms with E-state index in [1.807, 2.05) is 25.1 Å². The fourth-order valence-corrected chi connectivity index (χ4v) is 4.87. The van der Waals surface area contributed by atoms with E-state index in [2.05, 4.69) is 10.3 Å². The molecule has 1 fully saturated rings. The number of alkyl halides is 2. The van der Waals surface area contributed by atoms with Crippen LogP contribution >= 0.6 is 0 Å². The number of nitrogens with zero attached hydrogens (tertiary/aromatic N) is 2. The first-order valence-electron chi connectivity index (χ1n) is 11.7. The number of aromatic nitrogens is 1. The molecule has 4 rings (SSSR count). The lowest BCUT2D eigenvalue weighted by Gasteiger charge is -2.32. The molecule has 2 heterocycles. The predicted octanol–water partition coefficient (Wildman–Crippen LogP) is 6.94. The van der Waals surface area contributed by atoms with E-state index >= 15 is 0 Å². The Morgan fingerprint density at radius 3 is 2.63 bits per heavy atom. The Labute approximate surface area is 202 Å². The number of aryl methyl sites for hydroxylation is 1. The minimum atomic E-state index is -2.76. The van der Waals surface area contributed by atoms with Gasteiger partial charge < -0.3 is 10.2 Å². The second-order valence-corrected chi connectivity index (χ2v) is 9.70. The number of rotatable bonds is 4. The van der Waals surface area contributed by atoms with E-state index in [-0.39, 0.29) is 37.8 Å². The zero-order valence-electron chi connectivity index (χ0n) is 20.1. The van der Waals surface area contributed by atoms with Gasteiger partial charge in [0.15, 0.2) is 5.83 Å². The molecule has 1 aromatic carbocycles. The molecule has 0 bridgehead atoms. The number of carbonyl (C=O) groups excluding carboxylic acids is 1. The lowest BCUT2D eigenvalue weighted by Crippen LogP contribution is -2.31. The molecule has 1 aromatic heterocycles. The van der Waals surface area contributed by atoms with Gasteiger partial charge >= 0.3 is 0 Å². The van der Waals surface area contributed by atoms with Crippen LogP contribution in [0.25, 0.3) is 0 Å². The smallest absolute Gasteiger partial charge is 0.259 e. The van der Waals surface area contributed by atoms with Crippen LogP contribution in [0.2, 0.25) is 0 Å². The van der Waals surface area contributed by atoms with Gasteiger partial charge in [-0.05, 0) is 55.2 Å². The summed E-state index contributed by atoms with van der Waals surface area (Å²) in [4.78, 5) is 19.9. The molecule has 0 spiro atoms. The van der Waals surface area contributed by atoms with E-state index in [1.54, 1.807) is 37.1 Å².